The van der Waals surface area contributed by atoms with Gasteiger partial charge in [0.25, 0.3) is 0 Å². The Hall–Kier alpha value is -0.330. The third-order valence-electron chi connectivity index (χ3n) is 13.1. The van der Waals surface area contributed by atoms with Crippen LogP contribution in [0.5, 0.6) is 0 Å². The van der Waals surface area contributed by atoms with Crippen LogP contribution in [0.1, 0.15) is 119 Å². The first-order chi connectivity index (χ1) is 13.9. The van der Waals surface area contributed by atoms with Gasteiger partial charge in [-0.05, 0) is 122 Å². The van der Waals surface area contributed by atoms with Crippen LogP contribution in [0.15, 0.2) is 0 Å². The van der Waals surface area contributed by atoms with Crippen LogP contribution in [0.2, 0.25) is 0 Å². The average Bonchev–Trinajstić information content (AvgIpc) is 2.99. The fraction of sp³-hybridized carbons (Fsp3) is 0.966. The van der Waals surface area contributed by atoms with Gasteiger partial charge < -0.3 is 0 Å². The van der Waals surface area contributed by atoms with E-state index in [-0.39, 0.29) is 0 Å². The number of carbonyl (C=O) groups is 1. The van der Waals surface area contributed by atoms with Gasteiger partial charge >= 0.3 is 0 Å². The lowest BCUT2D eigenvalue weighted by atomic mass is 9.32. The van der Waals surface area contributed by atoms with Crippen LogP contribution in [0.25, 0.3) is 0 Å². The van der Waals surface area contributed by atoms with Crippen molar-refractivity contribution in [2.24, 2.45) is 56.7 Å². The highest BCUT2D eigenvalue weighted by Crippen LogP contribution is 2.77. The van der Waals surface area contributed by atoms with Crippen molar-refractivity contribution in [3.05, 3.63) is 0 Å². The molecule has 5 fully saturated rings. The van der Waals surface area contributed by atoms with E-state index in [1.807, 2.05) is 6.92 Å². The van der Waals surface area contributed by atoms with Crippen LogP contribution in [0.3, 0.4) is 0 Å². The molecule has 0 aromatic heterocycles. The monoisotopic (exact) mass is 412 g/mol. The lowest BCUT2D eigenvalue weighted by Gasteiger charge is -2.72. The molecule has 0 aromatic carbocycles. The second-order valence-electron chi connectivity index (χ2n) is 14.4. The van der Waals surface area contributed by atoms with Crippen molar-refractivity contribution in [1.29, 1.82) is 0 Å². The van der Waals surface area contributed by atoms with E-state index in [0.29, 0.717) is 44.7 Å². The van der Waals surface area contributed by atoms with E-state index >= 15 is 0 Å². The van der Waals surface area contributed by atoms with Crippen LogP contribution in [0.4, 0.5) is 0 Å². The Morgan fingerprint density at radius 1 is 0.700 bits per heavy atom. The van der Waals surface area contributed by atoms with E-state index in [0.717, 1.165) is 24.2 Å². The highest BCUT2D eigenvalue weighted by Gasteiger charge is 2.69. The molecule has 5 saturated carbocycles. The van der Waals surface area contributed by atoms with E-state index in [2.05, 4.69) is 41.5 Å². The van der Waals surface area contributed by atoms with Gasteiger partial charge in [0.2, 0.25) is 0 Å². The molecular formula is C29H48O. The third-order valence-corrected chi connectivity index (χ3v) is 13.1. The summed E-state index contributed by atoms with van der Waals surface area (Å²) in [7, 11) is 0. The lowest BCUT2D eigenvalue weighted by Crippen LogP contribution is -2.65. The van der Waals surface area contributed by atoms with Gasteiger partial charge in [-0.1, -0.05) is 48.0 Å². The molecule has 0 heterocycles. The minimum Gasteiger partial charge on any atom is -0.300 e. The number of Topliss-reactive ketones (excluding diaryl/α,β-unsaturated/α-hetero) is 1. The van der Waals surface area contributed by atoms with Crippen LogP contribution < -0.4 is 0 Å². The topological polar surface area (TPSA) is 17.1 Å². The molecule has 0 amide bonds. The molecule has 0 saturated heterocycles. The summed E-state index contributed by atoms with van der Waals surface area (Å²) in [6.07, 6.45) is 15.2. The first-order valence-electron chi connectivity index (χ1n) is 13.4. The fourth-order valence-corrected chi connectivity index (χ4v) is 11.5. The maximum absolute atomic E-state index is 12.7. The highest BCUT2D eigenvalue weighted by molar-refractivity contribution is 5.79. The molecule has 5 rings (SSSR count). The molecule has 170 valence electrons. The number of ketones is 1. The molecule has 0 bridgehead atoms. The molecule has 5 aliphatic carbocycles. The Kier molecular flexibility index (Phi) is 4.57. The molecule has 9 atom stereocenters. The zero-order valence-electron chi connectivity index (χ0n) is 21.1. The van der Waals surface area contributed by atoms with Gasteiger partial charge in [-0.15, -0.1) is 0 Å². The number of rotatable bonds is 1. The van der Waals surface area contributed by atoms with Crippen molar-refractivity contribution in [3.63, 3.8) is 0 Å². The second kappa shape index (κ2) is 6.38. The van der Waals surface area contributed by atoms with Crippen molar-refractivity contribution in [1.82, 2.24) is 0 Å². The molecule has 1 heteroatoms. The maximum Gasteiger partial charge on any atom is 0.133 e. The van der Waals surface area contributed by atoms with Crippen LogP contribution >= 0.6 is 0 Å². The van der Waals surface area contributed by atoms with E-state index in [4.69, 9.17) is 0 Å². The minimum absolute atomic E-state index is 0.348. The van der Waals surface area contributed by atoms with E-state index in [9.17, 15) is 4.79 Å². The Bertz CT molecular complexity index is 737. The molecule has 0 aliphatic heterocycles. The molecule has 1 nitrogen and oxygen atoms in total. The van der Waals surface area contributed by atoms with Crippen LogP contribution in [-0.4, -0.2) is 5.78 Å². The first-order valence-corrected chi connectivity index (χ1v) is 13.4. The van der Waals surface area contributed by atoms with E-state index in [1.165, 1.54) is 64.2 Å². The summed E-state index contributed by atoms with van der Waals surface area (Å²) in [6.45, 7) is 17.7. The Morgan fingerprint density at radius 3 is 2.13 bits per heavy atom. The molecular weight excluding hydrogens is 364 g/mol. The number of hydrogen-bond acceptors (Lipinski definition) is 1. The fourth-order valence-electron chi connectivity index (χ4n) is 11.5. The number of hydrogen-bond donors (Lipinski definition) is 0. The van der Waals surface area contributed by atoms with Crippen molar-refractivity contribution in [3.8, 4) is 0 Å². The summed E-state index contributed by atoms with van der Waals surface area (Å²) >= 11 is 0. The van der Waals surface area contributed by atoms with Crippen molar-refractivity contribution in [2.45, 2.75) is 119 Å². The lowest BCUT2D eigenvalue weighted by molar-refractivity contribution is -0.235. The molecule has 0 unspecified atom stereocenters. The minimum atomic E-state index is 0.348. The Balaban J connectivity index is 1.55. The summed E-state index contributed by atoms with van der Waals surface area (Å²) in [5.74, 6) is 4.05. The van der Waals surface area contributed by atoms with Crippen LogP contribution in [0, 0.1) is 56.7 Å². The predicted molar refractivity (Wildman–Crippen MR) is 125 cm³/mol. The van der Waals surface area contributed by atoms with Gasteiger partial charge in [0, 0.05) is 5.92 Å². The number of fused-ring (bicyclic) bond motifs is 7. The number of carbonyl (C=O) groups excluding carboxylic acids is 1. The average molecular weight is 413 g/mol. The van der Waals surface area contributed by atoms with Gasteiger partial charge in [-0.2, -0.15) is 0 Å². The first kappa shape index (κ1) is 21.5. The SMILES string of the molecule is CC(=O)[C@@H]1CC[C@]2(C)CC[C@]3(C)[C@H](CC[C@@H]4[C@@]5(C)CCCC(C)(C)[C@@H]5CC[C@]43C)[C@H]12. The van der Waals surface area contributed by atoms with Crippen molar-refractivity contribution < 1.29 is 4.79 Å². The molecule has 0 radical (unpaired) electrons. The van der Waals surface area contributed by atoms with Crippen molar-refractivity contribution in [2.75, 3.05) is 0 Å². The third kappa shape index (κ3) is 2.50. The van der Waals surface area contributed by atoms with Crippen LogP contribution in [-0.2, 0) is 4.79 Å². The Morgan fingerprint density at radius 2 is 1.43 bits per heavy atom. The van der Waals surface area contributed by atoms with Gasteiger partial charge in [0.1, 0.15) is 5.78 Å². The zero-order chi connectivity index (χ0) is 21.7. The van der Waals surface area contributed by atoms with Crippen molar-refractivity contribution >= 4 is 5.78 Å². The standard InChI is InChI=1S/C29H48O/c1-19(30)20-11-15-26(4)17-18-28(6)21(24(20)26)9-10-23-27(5)14-8-13-25(2,3)22(27)12-16-29(23,28)7/h20-24H,8-18H2,1-7H3/t20-,21+,22-,23+,24-,26+,27-,28+,29+/m0/s1. The van der Waals surface area contributed by atoms with Gasteiger partial charge in [-0.25, -0.2) is 0 Å². The summed E-state index contributed by atoms with van der Waals surface area (Å²) in [4.78, 5) is 12.7. The molecule has 30 heavy (non-hydrogen) atoms. The largest absolute Gasteiger partial charge is 0.300 e. The summed E-state index contributed by atoms with van der Waals surface area (Å²) in [5, 5.41) is 0. The smallest absolute Gasteiger partial charge is 0.133 e. The summed E-state index contributed by atoms with van der Waals surface area (Å²) in [5.41, 5.74) is 2.35. The van der Waals surface area contributed by atoms with Gasteiger partial charge in [-0.3, -0.25) is 4.79 Å². The summed E-state index contributed by atoms with van der Waals surface area (Å²) < 4.78 is 0. The normalized spacial score (nSPS) is 57.0. The Labute approximate surface area is 186 Å². The molecule has 0 aromatic rings. The maximum atomic E-state index is 12.7. The van der Waals surface area contributed by atoms with E-state index in [1.54, 1.807) is 0 Å². The highest BCUT2D eigenvalue weighted by atomic mass is 16.1. The van der Waals surface area contributed by atoms with Gasteiger partial charge in [0.05, 0.1) is 0 Å². The van der Waals surface area contributed by atoms with Gasteiger partial charge in [0.15, 0.2) is 0 Å². The molecule has 0 spiro atoms. The molecule has 5 aliphatic rings. The zero-order valence-corrected chi connectivity index (χ0v) is 21.1. The predicted octanol–water partition coefficient (Wildman–Crippen LogP) is 8.07. The molecule has 0 N–H and O–H groups in total. The van der Waals surface area contributed by atoms with E-state index < -0.39 is 0 Å². The second-order valence-corrected chi connectivity index (χ2v) is 14.4. The quantitative estimate of drug-likeness (QED) is 0.425. The summed E-state index contributed by atoms with van der Waals surface area (Å²) in [6, 6.07) is 0.